The number of ketones is 1. The molecule has 1 saturated carbocycles. The highest BCUT2D eigenvalue weighted by Gasteiger charge is 2.22. The Bertz CT molecular complexity index is 445. The zero-order valence-corrected chi connectivity index (χ0v) is 10.8. The van der Waals surface area contributed by atoms with E-state index in [2.05, 4.69) is 0 Å². The van der Waals surface area contributed by atoms with Crippen LogP contribution in [0.3, 0.4) is 0 Å². The average Bonchev–Trinajstić information content (AvgIpc) is 2.42. The molecule has 0 aromatic heterocycles. The van der Waals surface area contributed by atoms with Gasteiger partial charge in [-0.3, -0.25) is 4.79 Å². The molecule has 96 valence electrons. The van der Waals surface area contributed by atoms with Crippen molar-refractivity contribution in [2.24, 2.45) is 0 Å². The van der Waals surface area contributed by atoms with Gasteiger partial charge < -0.3 is 9.47 Å². The van der Waals surface area contributed by atoms with Crippen LogP contribution < -0.4 is 4.74 Å². The quantitative estimate of drug-likeness (QED) is 0.769. The van der Waals surface area contributed by atoms with Crippen LogP contribution in [-0.2, 0) is 9.53 Å². The summed E-state index contributed by atoms with van der Waals surface area (Å²) in [5.74, 6) is 1.06. The normalized spacial score (nSPS) is 22.2. The molecule has 1 atom stereocenters. The second-order valence-corrected chi connectivity index (χ2v) is 4.47. The van der Waals surface area contributed by atoms with E-state index in [9.17, 15) is 4.79 Å². The maximum Gasteiger partial charge on any atom is 0.159 e. The highest BCUT2D eigenvalue weighted by Crippen LogP contribution is 2.25. The minimum Gasteiger partial charge on any atom is -0.497 e. The summed E-state index contributed by atoms with van der Waals surface area (Å²) in [7, 11) is 3.34. The molecule has 1 unspecified atom stereocenters. The van der Waals surface area contributed by atoms with Crippen molar-refractivity contribution in [2.45, 2.75) is 25.4 Å². The molecule has 1 aromatic carbocycles. The van der Waals surface area contributed by atoms with E-state index < -0.39 is 0 Å². The fraction of sp³-hybridized carbons (Fsp3) is 0.400. The maximum atomic E-state index is 11.8. The van der Waals surface area contributed by atoms with Gasteiger partial charge in [-0.15, -0.1) is 0 Å². The smallest absolute Gasteiger partial charge is 0.159 e. The number of methoxy groups -OCH3 is 2. The lowest BCUT2D eigenvalue weighted by Crippen LogP contribution is -2.22. The Hall–Kier alpha value is -1.61. The van der Waals surface area contributed by atoms with Crippen LogP contribution in [0.15, 0.2) is 29.8 Å². The summed E-state index contributed by atoms with van der Waals surface area (Å²) < 4.78 is 10.4. The van der Waals surface area contributed by atoms with Crippen LogP contribution in [0.4, 0.5) is 0 Å². The second kappa shape index (κ2) is 5.83. The zero-order valence-electron chi connectivity index (χ0n) is 10.8. The first-order chi connectivity index (χ1) is 8.72. The van der Waals surface area contributed by atoms with Gasteiger partial charge in [-0.1, -0.05) is 12.1 Å². The minimum atomic E-state index is 0.173. The Morgan fingerprint density at radius 1 is 1.22 bits per heavy atom. The number of benzene rings is 1. The van der Waals surface area contributed by atoms with E-state index in [1.807, 2.05) is 30.3 Å². The predicted molar refractivity (Wildman–Crippen MR) is 70.6 cm³/mol. The van der Waals surface area contributed by atoms with Gasteiger partial charge >= 0.3 is 0 Å². The first kappa shape index (κ1) is 12.8. The average molecular weight is 246 g/mol. The Labute approximate surface area is 107 Å². The summed E-state index contributed by atoms with van der Waals surface area (Å²) in [5.41, 5.74) is 1.88. The van der Waals surface area contributed by atoms with Crippen LogP contribution in [-0.4, -0.2) is 26.1 Å². The van der Waals surface area contributed by atoms with Gasteiger partial charge in [-0.05, 0) is 35.8 Å². The highest BCUT2D eigenvalue weighted by atomic mass is 16.5. The van der Waals surface area contributed by atoms with Crippen molar-refractivity contribution < 1.29 is 14.3 Å². The molecular formula is C15H18O3. The zero-order chi connectivity index (χ0) is 13.0. The molecule has 0 bridgehead atoms. The topological polar surface area (TPSA) is 35.5 Å². The molecule has 3 nitrogen and oxygen atoms in total. The largest absolute Gasteiger partial charge is 0.497 e. The molecule has 0 spiro atoms. The number of rotatable bonds is 3. The van der Waals surface area contributed by atoms with Gasteiger partial charge in [0.25, 0.3) is 0 Å². The lowest BCUT2D eigenvalue weighted by atomic mass is 9.90. The molecule has 1 aliphatic carbocycles. The summed E-state index contributed by atoms with van der Waals surface area (Å²) in [6.45, 7) is 0. The van der Waals surface area contributed by atoms with Crippen LogP contribution in [0.1, 0.15) is 24.8 Å². The van der Waals surface area contributed by atoms with Crippen molar-refractivity contribution in [2.75, 3.05) is 14.2 Å². The Balaban J connectivity index is 2.16. The third-order valence-electron chi connectivity index (χ3n) is 3.29. The van der Waals surface area contributed by atoms with Crippen molar-refractivity contribution in [1.82, 2.24) is 0 Å². The van der Waals surface area contributed by atoms with Gasteiger partial charge in [0.2, 0.25) is 0 Å². The summed E-state index contributed by atoms with van der Waals surface area (Å²) in [6.07, 6.45) is 4.25. The van der Waals surface area contributed by atoms with E-state index in [0.717, 1.165) is 23.3 Å². The number of carbonyl (C=O) groups excluding carboxylic acids is 1. The molecule has 1 fully saturated rings. The van der Waals surface area contributed by atoms with E-state index >= 15 is 0 Å². The molecule has 3 heteroatoms. The van der Waals surface area contributed by atoms with Crippen molar-refractivity contribution in [3.05, 3.63) is 35.4 Å². The van der Waals surface area contributed by atoms with Gasteiger partial charge in [-0.25, -0.2) is 0 Å². The number of Topliss-reactive ketones (excluding diaryl/α,β-unsaturated/α-hetero) is 1. The Morgan fingerprint density at radius 3 is 2.56 bits per heavy atom. The second-order valence-electron chi connectivity index (χ2n) is 4.47. The Kier molecular flexibility index (Phi) is 4.15. The molecule has 18 heavy (non-hydrogen) atoms. The van der Waals surface area contributed by atoms with Crippen molar-refractivity contribution >= 4 is 11.9 Å². The van der Waals surface area contributed by atoms with Crippen LogP contribution in [0.25, 0.3) is 6.08 Å². The van der Waals surface area contributed by atoms with Crippen LogP contribution in [0.5, 0.6) is 5.75 Å². The molecule has 0 N–H and O–H groups in total. The summed E-state index contributed by atoms with van der Waals surface area (Å²) in [6, 6.07) is 7.70. The minimum absolute atomic E-state index is 0.173. The molecule has 0 amide bonds. The highest BCUT2D eigenvalue weighted by molar-refractivity contribution is 6.00. The molecule has 0 radical (unpaired) electrons. The SMILES string of the molecule is COc1ccc(C=C2CC(OC)CCC2=O)cc1. The van der Waals surface area contributed by atoms with Crippen molar-refractivity contribution in [3.8, 4) is 5.75 Å². The van der Waals surface area contributed by atoms with Gasteiger partial charge in [0.15, 0.2) is 5.78 Å². The standard InChI is InChI=1S/C15H18O3/c1-17-13-5-3-11(4-6-13)9-12-10-14(18-2)7-8-15(12)16/h3-6,9,14H,7-8,10H2,1-2H3. The fourth-order valence-electron chi connectivity index (χ4n) is 2.16. The maximum absolute atomic E-state index is 11.8. The van der Waals surface area contributed by atoms with E-state index in [1.165, 1.54) is 0 Å². The monoisotopic (exact) mass is 246 g/mol. The molecule has 1 aromatic rings. The van der Waals surface area contributed by atoms with Crippen LogP contribution in [0, 0.1) is 0 Å². The molecule has 0 aliphatic heterocycles. The molecular weight excluding hydrogens is 228 g/mol. The Morgan fingerprint density at radius 2 is 1.94 bits per heavy atom. The number of ether oxygens (including phenoxy) is 2. The lowest BCUT2D eigenvalue weighted by Gasteiger charge is -2.21. The first-order valence-electron chi connectivity index (χ1n) is 6.13. The fourth-order valence-corrected chi connectivity index (χ4v) is 2.16. The summed E-state index contributed by atoms with van der Waals surface area (Å²) >= 11 is 0. The summed E-state index contributed by atoms with van der Waals surface area (Å²) in [4.78, 5) is 11.8. The molecule has 1 aliphatic rings. The summed E-state index contributed by atoms with van der Waals surface area (Å²) in [5, 5.41) is 0. The van der Waals surface area contributed by atoms with Gasteiger partial charge in [-0.2, -0.15) is 0 Å². The molecule has 0 saturated heterocycles. The van der Waals surface area contributed by atoms with Crippen molar-refractivity contribution in [1.29, 1.82) is 0 Å². The van der Waals surface area contributed by atoms with E-state index in [4.69, 9.17) is 9.47 Å². The number of carbonyl (C=O) groups is 1. The van der Waals surface area contributed by atoms with Crippen LogP contribution >= 0.6 is 0 Å². The van der Waals surface area contributed by atoms with E-state index in [0.29, 0.717) is 12.8 Å². The first-order valence-corrected chi connectivity index (χ1v) is 6.13. The van der Waals surface area contributed by atoms with Crippen LogP contribution in [0.2, 0.25) is 0 Å². The van der Waals surface area contributed by atoms with Gasteiger partial charge in [0.1, 0.15) is 5.75 Å². The van der Waals surface area contributed by atoms with E-state index in [1.54, 1.807) is 14.2 Å². The van der Waals surface area contributed by atoms with Crippen molar-refractivity contribution in [3.63, 3.8) is 0 Å². The molecule has 0 heterocycles. The number of hydrogen-bond acceptors (Lipinski definition) is 3. The predicted octanol–water partition coefficient (Wildman–Crippen LogP) is 2.85. The third kappa shape index (κ3) is 2.99. The molecule has 2 rings (SSSR count). The lowest BCUT2D eigenvalue weighted by molar-refractivity contribution is -0.117. The van der Waals surface area contributed by atoms with Gasteiger partial charge in [0, 0.05) is 20.0 Å². The third-order valence-corrected chi connectivity index (χ3v) is 3.29. The number of hydrogen-bond donors (Lipinski definition) is 0. The van der Waals surface area contributed by atoms with Gasteiger partial charge in [0.05, 0.1) is 13.2 Å². The van der Waals surface area contributed by atoms with E-state index in [-0.39, 0.29) is 11.9 Å².